The Morgan fingerprint density at radius 3 is 2.29 bits per heavy atom. The van der Waals surface area contributed by atoms with Gasteiger partial charge < -0.3 is 33.5 Å². The van der Waals surface area contributed by atoms with E-state index < -0.39 is 68.8 Å². The summed E-state index contributed by atoms with van der Waals surface area (Å²) >= 11 is 7.24. The highest BCUT2D eigenvalue weighted by Gasteiger charge is 2.50. The number of ether oxygens (including phenoxy) is 5. The fourth-order valence-corrected chi connectivity index (χ4v) is 10.5. The molecule has 1 amide bonds. The first kappa shape index (κ1) is 51.2. The number of aromatic nitrogens is 4. The number of anilines is 3. The first-order valence-corrected chi connectivity index (χ1v) is 24.3. The molecule has 73 heavy (non-hydrogen) atoms. The van der Waals surface area contributed by atoms with Gasteiger partial charge in [-0.2, -0.15) is 23.1 Å². The SMILES string of the molecule is COc1ccc(CN(Cc2ccc(OC)cc2)c2cc(C)c(C(F)(F)F)c(-c3c(Cl)c4c5c(nc(OC[C@@]67CCCN6C[C@H](F)C7)nc5c3F)N([C@H](C)c3cccnc3NC(=O)OC(C)(C)C)CCO4)n2)cc1. The Labute approximate surface area is 424 Å². The van der Waals surface area contributed by atoms with E-state index in [0.717, 1.165) is 17.5 Å². The van der Waals surface area contributed by atoms with Gasteiger partial charge in [0.1, 0.15) is 59.5 Å². The maximum Gasteiger partial charge on any atom is 0.418 e. The number of fused-ring (bicyclic) bond motifs is 1. The summed E-state index contributed by atoms with van der Waals surface area (Å²) in [6.07, 6.45) is -3.69. The number of rotatable bonds is 14. The molecule has 0 radical (unpaired) electrons. The van der Waals surface area contributed by atoms with E-state index in [9.17, 15) is 9.18 Å². The molecule has 0 spiro atoms. The molecule has 6 aromatic rings. The van der Waals surface area contributed by atoms with Crippen molar-refractivity contribution in [1.29, 1.82) is 0 Å². The van der Waals surface area contributed by atoms with Crippen molar-refractivity contribution >= 4 is 46.1 Å². The molecule has 3 aliphatic heterocycles. The number of carbonyl (C=O) groups excluding carboxylic acids is 1. The van der Waals surface area contributed by atoms with Crippen LogP contribution in [0.2, 0.25) is 5.02 Å². The topological polar surface area (TPSA) is 137 Å². The molecule has 1 N–H and O–H groups in total. The molecule has 6 heterocycles. The third-order valence-corrected chi connectivity index (χ3v) is 13.9. The molecule has 0 unspecified atom stereocenters. The average Bonchev–Trinajstić information content (AvgIpc) is 3.80. The Balaban J connectivity index is 1.22. The normalized spacial score (nSPS) is 18.2. The molecular weight excluding hydrogens is 975 g/mol. The standard InChI is InChI=1S/C53H56ClF5N8O6/c1-30-24-38(65(26-32-11-15-35(69-6)16-12-32)27-33-13-17-36(70-7)18-14-33)61-44(41(30)53(57,58)59)39-42(54)46-40-45(43(39)56)62-49(72-29-52-19-9-21-66(52)28-34(55)25-52)64-48(40)67(22-23-71-46)31(2)37-10-8-20-60-47(37)63-50(68)73-51(3,4)5/h8,10-18,20,24,31,34H,9,19,21-23,25-29H2,1-7H3,(H,60,63,68)/t31-,34-,52+/m1/s1. The number of nitrogens with one attached hydrogen (secondary N) is 1. The highest BCUT2D eigenvalue weighted by atomic mass is 35.5. The summed E-state index contributed by atoms with van der Waals surface area (Å²) in [6, 6.07) is 18.2. The molecule has 3 aliphatic rings. The van der Waals surface area contributed by atoms with Crippen molar-refractivity contribution in [3.05, 3.63) is 112 Å². The number of nitrogens with zero attached hydrogens (tertiary/aromatic N) is 7. The summed E-state index contributed by atoms with van der Waals surface area (Å²) in [5, 5.41) is 2.20. The maximum absolute atomic E-state index is 18.2. The number of amides is 1. The van der Waals surface area contributed by atoms with Gasteiger partial charge >= 0.3 is 18.3 Å². The van der Waals surface area contributed by atoms with Gasteiger partial charge in [-0.1, -0.05) is 41.9 Å². The minimum Gasteiger partial charge on any atom is -0.497 e. The molecule has 2 fully saturated rings. The fourth-order valence-electron chi connectivity index (χ4n) is 10.1. The van der Waals surface area contributed by atoms with Gasteiger partial charge in [0.2, 0.25) is 0 Å². The molecule has 3 atom stereocenters. The predicted molar refractivity (Wildman–Crippen MR) is 267 cm³/mol. The van der Waals surface area contributed by atoms with Crippen LogP contribution in [0.25, 0.3) is 22.2 Å². The molecule has 0 saturated carbocycles. The van der Waals surface area contributed by atoms with Crippen LogP contribution in [-0.2, 0) is 24.0 Å². The Bertz CT molecular complexity index is 2970. The molecule has 2 saturated heterocycles. The van der Waals surface area contributed by atoms with Crippen molar-refractivity contribution in [1.82, 2.24) is 24.8 Å². The molecular formula is C53H56ClF5N8O6. The quantitative estimate of drug-likeness (QED) is 0.104. The van der Waals surface area contributed by atoms with Crippen LogP contribution < -0.4 is 34.1 Å². The van der Waals surface area contributed by atoms with Crippen molar-refractivity contribution in [2.24, 2.45) is 0 Å². The summed E-state index contributed by atoms with van der Waals surface area (Å²) < 4.78 is 109. The lowest BCUT2D eigenvalue weighted by Gasteiger charge is -2.32. The van der Waals surface area contributed by atoms with Crippen LogP contribution in [0.5, 0.6) is 23.3 Å². The van der Waals surface area contributed by atoms with Crippen molar-refractivity contribution in [2.75, 3.05) is 62.2 Å². The van der Waals surface area contributed by atoms with Gasteiger partial charge in [-0.05, 0) is 107 Å². The van der Waals surface area contributed by atoms with Crippen molar-refractivity contribution in [3.8, 4) is 34.5 Å². The lowest BCUT2D eigenvalue weighted by atomic mass is 9.95. The summed E-state index contributed by atoms with van der Waals surface area (Å²) in [5.41, 5.74) is -2.78. The van der Waals surface area contributed by atoms with Gasteiger partial charge in [-0.25, -0.2) is 23.5 Å². The number of alkyl halides is 4. The van der Waals surface area contributed by atoms with E-state index in [0.29, 0.717) is 30.0 Å². The fraction of sp³-hybridized carbons (Fsp3) is 0.415. The molecule has 3 aromatic carbocycles. The van der Waals surface area contributed by atoms with Crippen LogP contribution in [0, 0.1) is 12.7 Å². The van der Waals surface area contributed by atoms with Crippen molar-refractivity contribution < 1.29 is 50.4 Å². The number of halogens is 6. The van der Waals surface area contributed by atoms with Crippen LogP contribution in [-0.4, -0.2) is 95.3 Å². The van der Waals surface area contributed by atoms with Crippen molar-refractivity contribution in [2.45, 2.75) is 96.5 Å². The van der Waals surface area contributed by atoms with E-state index in [1.54, 1.807) is 81.2 Å². The molecule has 386 valence electrons. The van der Waals surface area contributed by atoms with Gasteiger partial charge in [-0.3, -0.25) is 10.2 Å². The van der Waals surface area contributed by atoms with Gasteiger partial charge in [0.25, 0.3) is 0 Å². The molecule has 20 heteroatoms. The zero-order chi connectivity index (χ0) is 52.0. The van der Waals surface area contributed by atoms with Crippen molar-refractivity contribution in [3.63, 3.8) is 0 Å². The van der Waals surface area contributed by atoms with E-state index >= 15 is 17.6 Å². The zero-order valence-corrected chi connectivity index (χ0v) is 42.3. The number of pyridine rings is 2. The third kappa shape index (κ3) is 10.6. The molecule has 0 aliphatic carbocycles. The third-order valence-electron chi connectivity index (χ3n) is 13.5. The van der Waals surface area contributed by atoms with Gasteiger partial charge in [-0.15, -0.1) is 0 Å². The molecule has 0 bridgehead atoms. The highest BCUT2D eigenvalue weighted by Crippen LogP contribution is 2.52. The van der Waals surface area contributed by atoms with Crippen LogP contribution in [0.15, 0.2) is 72.9 Å². The number of hydrogen-bond donors (Lipinski definition) is 1. The molecule has 3 aromatic heterocycles. The number of hydrogen-bond acceptors (Lipinski definition) is 13. The number of methoxy groups -OCH3 is 2. The molecule has 9 rings (SSSR count). The first-order chi connectivity index (χ1) is 34.8. The largest absolute Gasteiger partial charge is 0.497 e. The van der Waals surface area contributed by atoms with Gasteiger partial charge in [0, 0.05) is 37.8 Å². The van der Waals surface area contributed by atoms with Crippen LogP contribution in [0.3, 0.4) is 0 Å². The summed E-state index contributed by atoms with van der Waals surface area (Å²) in [4.78, 5) is 37.2. The maximum atomic E-state index is 18.2. The van der Waals surface area contributed by atoms with Crippen LogP contribution in [0.1, 0.15) is 80.8 Å². The smallest absolute Gasteiger partial charge is 0.418 e. The Morgan fingerprint density at radius 1 is 0.986 bits per heavy atom. The van der Waals surface area contributed by atoms with E-state index in [1.807, 2.05) is 36.1 Å². The monoisotopic (exact) mass is 1030 g/mol. The van der Waals surface area contributed by atoms with E-state index in [-0.39, 0.29) is 86.0 Å². The van der Waals surface area contributed by atoms with E-state index in [1.165, 1.54) is 19.2 Å². The van der Waals surface area contributed by atoms with Gasteiger partial charge in [0.05, 0.1) is 59.6 Å². The molecule has 14 nitrogen and oxygen atoms in total. The number of carbonyl (C=O) groups is 1. The zero-order valence-electron chi connectivity index (χ0n) is 41.5. The Kier molecular flexibility index (Phi) is 14.2. The van der Waals surface area contributed by atoms with Crippen LogP contribution >= 0.6 is 11.6 Å². The second-order valence-corrected chi connectivity index (χ2v) is 20.0. The highest BCUT2D eigenvalue weighted by molar-refractivity contribution is 6.36. The summed E-state index contributed by atoms with van der Waals surface area (Å²) in [5.74, 6) is 0.161. The lowest BCUT2D eigenvalue weighted by molar-refractivity contribution is -0.137. The van der Waals surface area contributed by atoms with E-state index in [2.05, 4.69) is 20.3 Å². The lowest BCUT2D eigenvalue weighted by Crippen LogP contribution is -2.43. The Morgan fingerprint density at radius 2 is 1.66 bits per heavy atom. The van der Waals surface area contributed by atoms with E-state index in [4.69, 9.17) is 40.3 Å². The summed E-state index contributed by atoms with van der Waals surface area (Å²) in [6.45, 7) is 9.48. The van der Waals surface area contributed by atoms with Gasteiger partial charge in [0.15, 0.2) is 11.6 Å². The predicted octanol–water partition coefficient (Wildman–Crippen LogP) is 11.7. The first-order valence-electron chi connectivity index (χ1n) is 23.9. The average molecular weight is 1030 g/mol. The second kappa shape index (κ2) is 20.3. The Hall–Kier alpha value is -6.73. The summed E-state index contributed by atoms with van der Waals surface area (Å²) in [7, 11) is 3.09. The minimum absolute atomic E-state index is 0.0366. The number of aryl methyl sites for hydroxylation is 1. The second-order valence-electron chi connectivity index (χ2n) is 19.6. The number of benzene rings is 3. The van der Waals surface area contributed by atoms with Crippen LogP contribution in [0.4, 0.5) is 44.2 Å². The minimum atomic E-state index is -5.05.